The minimum atomic E-state index is -4.71. The number of aryl methyl sites for hydroxylation is 1. The van der Waals surface area contributed by atoms with Crippen LogP contribution >= 0.6 is 11.6 Å². The van der Waals surface area contributed by atoms with Crippen LogP contribution in [0.25, 0.3) is 11.3 Å². The summed E-state index contributed by atoms with van der Waals surface area (Å²) >= 11 is 5.81. The standard InChI is InChI=1S/C18H13ClF3N3O3S/c1-25-17(26)9-8-15(23-25)11-2-5-13(6-3-11)24-29(27,28)16-10-12(18(20,21)22)4-7-14(16)19/h2-10,24H,1H3. The van der Waals surface area contributed by atoms with Gasteiger partial charge in [0.1, 0.15) is 4.90 Å². The van der Waals surface area contributed by atoms with E-state index in [-0.39, 0.29) is 16.3 Å². The predicted octanol–water partition coefficient (Wildman–Crippen LogP) is 3.92. The summed E-state index contributed by atoms with van der Waals surface area (Å²) in [5, 5.41) is 3.74. The van der Waals surface area contributed by atoms with Crippen LogP contribution < -0.4 is 10.3 Å². The van der Waals surface area contributed by atoms with Crippen molar-refractivity contribution < 1.29 is 21.6 Å². The fourth-order valence-corrected chi connectivity index (χ4v) is 4.05. The van der Waals surface area contributed by atoms with Crippen LogP contribution in [0.3, 0.4) is 0 Å². The molecular weight excluding hydrogens is 431 g/mol. The van der Waals surface area contributed by atoms with Gasteiger partial charge in [0.2, 0.25) is 0 Å². The molecule has 0 radical (unpaired) electrons. The minimum absolute atomic E-state index is 0.118. The Labute approximate surface area is 168 Å². The summed E-state index contributed by atoms with van der Waals surface area (Å²) in [4.78, 5) is 10.7. The molecule has 1 aromatic heterocycles. The molecule has 0 atom stereocenters. The maximum atomic E-state index is 12.9. The van der Waals surface area contributed by atoms with E-state index in [0.717, 1.165) is 10.7 Å². The molecule has 1 N–H and O–H groups in total. The van der Waals surface area contributed by atoms with Crippen molar-refractivity contribution in [3.63, 3.8) is 0 Å². The van der Waals surface area contributed by atoms with Gasteiger partial charge in [0.25, 0.3) is 15.6 Å². The first-order chi connectivity index (χ1) is 13.5. The van der Waals surface area contributed by atoms with E-state index in [2.05, 4.69) is 9.82 Å². The van der Waals surface area contributed by atoms with Gasteiger partial charge in [-0.3, -0.25) is 9.52 Å². The second-order valence-corrected chi connectivity index (χ2v) is 8.06. The normalized spacial score (nSPS) is 12.0. The number of hydrogen-bond acceptors (Lipinski definition) is 4. The number of nitrogens with zero attached hydrogens (tertiary/aromatic N) is 2. The van der Waals surface area contributed by atoms with E-state index < -0.39 is 26.7 Å². The first kappa shape index (κ1) is 20.9. The molecule has 152 valence electrons. The van der Waals surface area contributed by atoms with Crippen molar-refractivity contribution in [2.45, 2.75) is 11.1 Å². The Morgan fingerprint density at radius 3 is 2.28 bits per heavy atom. The van der Waals surface area contributed by atoms with Gasteiger partial charge in [-0.1, -0.05) is 23.7 Å². The van der Waals surface area contributed by atoms with Gasteiger partial charge < -0.3 is 0 Å². The van der Waals surface area contributed by atoms with E-state index in [4.69, 9.17) is 11.6 Å². The van der Waals surface area contributed by atoms with Gasteiger partial charge in [-0.15, -0.1) is 0 Å². The number of aromatic nitrogens is 2. The van der Waals surface area contributed by atoms with E-state index in [1.807, 2.05) is 0 Å². The summed E-state index contributed by atoms with van der Waals surface area (Å²) in [6, 6.07) is 10.9. The zero-order valence-corrected chi connectivity index (χ0v) is 16.3. The van der Waals surface area contributed by atoms with Gasteiger partial charge in [-0.2, -0.15) is 18.3 Å². The molecule has 0 bridgehead atoms. The number of alkyl halides is 3. The van der Waals surface area contributed by atoms with E-state index in [1.165, 1.54) is 31.3 Å². The van der Waals surface area contributed by atoms with Gasteiger partial charge in [-0.05, 0) is 36.4 Å². The van der Waals surface area contributed by atoms with Crippen LogP contribution in [0, 0.1) is 0 Å². The molecule has 2 aromatic carbocycles. The molecule has 0 fully saturated rings. The number of halogens is 4. The number of rotatable bonds is 4. The maximum Gasteiger partial charge on any atom is 0.416 e. The summed E-state index contributed by atoms with van der Waals surface area (Å²) in [5.41, 5.74) is -0.190. The molecular formula is C18H13ClF3N3O3S. The van der Waals surface area contributed by atoms with Crippen LogP contribution in [0.5, 0.6) is 0 Å². The zero-order chi connectivity index (χ0) is 21.4. The average Bonchev–Trinajstić information content (AvgIpc) is 2.63. The van der Waals surface area contributed by atoms with Gasteiger partial charge in [0.05, 0.1) is 16.3 Å². The molecule has 1 heterocycles. The van der Waals surface area contributed by atoms with Crippen molar-refractivity contribution in [1.29, 1.82) is 0 Å². The second kappa shape index (κ2) is 7.53. The number of nitrogens with one attached hydrogen (secondary N) is 1. The van der Waals surface area contributed by atoms with Gasteiger partial charge in [-0.25, -0.2) is 13.1 Å². The highest BCUT2D eigenvalue weighted by atomic mass is 35.5. The molecule has 0 saturated carbocycles. The van der Waals surface area contributed by atoms with Gasteiger partial charge in [0.15, 0.2) is 0 Å². The molecule has 3 rings (SSSR count). The van der Waals surface area contributed by atoms with Crippen LogP contribution in [0.1, 0.15) is 5.56 Å². The largest absolute Gasteiger partial charge is 0.416 e. The third-order valence-electron chi connectivity index (χ3n) is 3.94. The molecule has 0 saturated heterocycles. The summed E-state index contributed by atoms with van der Waals surface area (Å²) in [5.74, 6) is 0. The molecule has 0 unspecified atom stereocenters. The molecule has 11 heteroatoms. The fourth-order valence-electron chi connectivity index (χ4n) is 2.46. The zero-order valence-electron chi connectivity index (χ0n) is 14.7. The van der Waals surface area contributed by atoms with Crippen LogP contribution in [0.15, 0.2) is 64.3 Å². The number of benzene rings is 2. The molecule has 0 spiro atoms. The maximum absolute atomic E-state index is 12.9. The minimum Gasteiger partial charge on any atom is -0.280 e. The topological polar surface area (TPSA) is 81.1 Å². The monoisotopic (exact) mass is 443 g/mol. The second-order valence-electron chi connectivity index (χ2n) is 6.01. The summed E-state index contributed by atoms with van der Waals surface area (Å²) in [6.07, 6.45) is -4.71. The highest BCUT2D eigenvalue weighted by Crippen LogP contribution is 2.34. The number of anilines is 1. The van der Waals surface area contributed by atoms with E-state index in [1.54, 1.807) is 12.1 Å². The average molecular weight is 444 g/mol. The first-order valence-corrected chi connectivity index (χ1v) is 9.88. The third kappa shape index (κ3) is 4.60. The van der Waals surface area contributed by atoms with Crippen LogP contribution in [-0.4, -0.2) is 18.2 Å². The van der Waals surface area contributed by atoms with E-state index in [9.17, 15) is 26.4 Å². The molecule has 3 aromatic rings. The van der Waals surface area contributed by atoms with Gasteiger partial charge in [0, 0.05) is 24.4 Å². The van der Waals surface area contributed by atoms with Crippen molar-refractivity contribution in [1.82, 2.24) is 9.78 Å². The van der Waals surface area contributed by atoms with Crippen LogP contribution in [-0.2, 0) is 23.2 Å². The Kier molecular flexibility index (Phi) is 5.42. The van der Waals surface area contributed by atoms with Crippen molar-refractivity contribution in [2.24, 2.45) is 7.05 Å². The smallest absolute Gasteiger partial charge is 0.280 e. The lowest BCUT2D eigenvalue weighted by atomic mass is 10.1. The molecule has 0 aliphatic carbocycles. The lowest BCUT2D eigenvalue weighted by Gasteiger charge is -2.13. The van der Waals surface area contributed by atoms with E-state index >= 15 is 0 Å². The lowest BCUT2D eigenvalue weighted by molar-refractivity contribution is -0.137. The number of sulfonamides is 1. The van der Waals surface area contributed by atoms with Crippen molar-refractivity contribution in [3.8, 4) is 11.3 Å². The SMILES string of the molecule is Cn1nc(-c2ccc(NS(=O)(=O)c3cc(C(F)(F)F)ccc3Cl)cc2)ccc1=O. The van der Waals surface area contributed by atoms with Crippen molar-refractivity contribution in [2.75, 3.05) is 4.72 Å². The quantitative estimate of drug-likeness (QED) is 0.662. The molecule has 0 amide bonds. The Morgan fingerprint density at radius 1 is 1.03 bits per heavy atom. The van der Waals surface area contributed by atoms with Crippen LogP contribution in [0.4, 0.5) is 18.9 Å². The molecule has 0 aliphatic rings. The van der Waals surface area contributed by atoms with Crippen molar-refractivity contribution in [3.05, 3.63) is 75.5 Å². The molecule has 29 heavy (non-hydrogen) atoms. The highest BCUT2D eigenvalue weighted by molar-refractivity contribution is 7.92. The Bertz CT molecular complexity index is 1220. The predicted molar refractivity (Wildman–Crippen MR) is 102 cm³/mol. The molecule has 6 nitrogen and oxygen atoms in total. The highest BCUT2D eigenvalue weighted by Gasteiger charge is 2.32. The third-order valence-corrected chi connectivity index (χ3v) is 5.80. The Morgan fingerprint density at radius 2 is 1.69 bits per heavy atom. The van der Waals surface area contributed by atoms with E-state index in [0.29, 0.717) is 23.4 Å². The summed E-state index contributed by atoms with van der Waals surface area (Å²) in [6.45, 7) is 0. The molecule has 0 aliphatic heterocycles. The summed E-state index contributed by atoms with van der Waals surface area (Å²) < 4.78 is 67.1. The van der Waals surface area contributed by atoms with Gasteiger partial charge >= 0.3 is 6.18 Å². The first-order valence-electron chi connectivity index (χ1n) is 8.02. The number of hydrogen-bond donors (Lipinski definition) is 1. The van der Waals surface area contributed by atoms with Crippen LogP contribution in [0.2, 0.25) is 5.02 Å². The fraction of sp³-hybridized carbons (Fsp3) is 0.111. The Balaban J connectivity index is 1.89. The Hall–Kier alpha value is -2.85. The lowest BCUT2D eigenvalue weighted by Crippen LogP contribution is -2.18. The summed E-state index contributed by atoms with van der Waals surface area (Å²) in [7, 11) is -2.87. The van der Waals surface area contributed by atoms with Crippen molar-refractivity contribution >= 4 is 27.3 Å².